The lowest BCUT2D eigenvalue weighted by Crippen LogP contribution is -2.54. The van der Waals surface area contributed by atoms with Crippen LogP contribution in [0.1, 0.15) is 37.9 Å². The van der Waals surface area contributed by atoms with Gasteiger partial charge in [0.05, 0.1) is 39.1 Å². The van der Waals surface area contributed by atoms with Gasteiger partial charge in [-0.05, 0) is 49.6 Å². The number of carbonyl (C=O) groups excluding carboxylic acids is 1. The van der Waals surface area contributed by atoms with Crippen molar-refractivity contribution in [2.24, 2.45) is 0 Å². The second-order valence-corrected chi connectivity index (χ2v) is 12.1. The number of halogens is 3. The molecule has 0 unspecified atom stereocenters. The van der Waals surface area contributed by atoms with Gasteiger partial charge < -0.3 is 20.0 Å². The van der Waals surface area contributed by atoms with Gasteiger partial charge in [0, 0.05) is 42.8 Å². The molecule has 1 amide bonds. The van der Waals surface area contributed by atoms with Crippen molar-refractivity contribution in [2.45, 2.75) is 39.7 Å². The Morgan fingerprint density at radius 3 is 2.67 bits per heavy atom. The summed E-state index contributed by atoms with van der Waals surface area (Å²) in [5.74, 6) is -0.667. The molecular weight excluding hydrogens is 620 g/mol. The summed E-state index contributed by atoms with van der Waals surface area (Å²) in [6, 6.07) is 4.30. The summed E-state index contributed by atoms with van der Waals surface area (Å²) in [5.41, 5.74) is 8.16. The molecule has 10 nitrogen and oxygen atoms in total. The number of nitrogens with two attached hydrogens (primary N) is 1. The number of aryl methyl sites for hydroxylation is 1. The molecule has 0 radical (unpaired) electrons. The fourth-order valence-corrected chi connectivity index (χ4v) is 6.51. The summed E-state index contributed by atoms with van der Waals surface area (Å²) in [6.45, 7) is 12.5. The smallest absolute Gasteiger partial charge is 0.355 e. The number of fused-ring (bicyclic) bond motifs is 3. The van der Waals surface area contributed by atoms with Gasteiger partial charge in [-0.15, -0.1) is 0 Å². The monoisotopic (exact) mass is 649 g/mol. The molecule has 1 aliphatic heterocycles. The second-order valence-electron chi connectivity index (χ2n) is 11.4. The number of pyridine rings is 2. The third-order valence-electron chi connectivity index (χ3n) is 8.15. The van der Waals surface area contributed by atoms with Gasteiger partial charge in [-0.3, -0.25) is 9.78 Å². The molecule has 1 fully saturated rings. The fraction of sp³-hybridized carbons (Fsp3) is 0.281. The number of nitrogens with zero attached hydrogens (tertiary/aromatic N) is 6. The summed E-state index contributed by atoms with van der Waals surface area (Å²) in [7, 11) is 0. The van der Waals surface area contributed by atoms with Crippen LogP contribution in [0, 0.1) is 12.7 Å². The number of hydrogen-bond donors (Lipinski definition) is 1. The minimum absolute atomic E-state index is 0.0102. The third-order valence-corrected chi connectivity index (χ3v) is 8.93. The van der Waals surface area contributed by atoms with Crippen molar-refractivity contribution in [2.75, 3.05) is 30.3 Å². The molecule has 0 saturated carbocycles. The van der Waals surface area contributed by atoms with Crippen LogP contribution in [0.25, 0.3) is 38.9 Å². The Hall–Kier alpha value is -4.48. The van der Waals surface area contributed by atoms with Gasteiger partial charge in [0.15, 0.2) is 11.2 Å². The standard InChI is InChI=1S/C32H30Cl2FN7O3/c1-6-21(43)40-10-11-41(17(5)14-40)30-23-29-18(8-12-45-29)27(22-24(33)19(35)13-20(36)25(22)34)38-31(23)42(32(44)39-30)28-16(4)7-9-37-26(28)15(2)3/h6-9,12-13,15,17H,1,10-11,14,36H2,2-5H3/t17-/m0/s1. The van der Waals surface area contributed by atoms with E-state index >= 15 is 0 Å². The van der Waals surface area contributed by atoms with Crippen molar-refractivity contribution in [1.82, 2.24) is 24.4 Å². The molecule has 45 heavy (non-hydrogen) atoms. The molecule has 1 aliphatic rings. The Morgan fingerprint density at radius 2 is 1.98 bits per heavy atom. The van der Waals surface area contributed by atoms with Gasteiger partial charge in [-0.25, -0.2) is 18.7 Å². The van der Waals surface area contributed by atoms with E-state index in [4.69, 9.17) is 38.3 Å². The molecule has 0 bridgehead atoms. The fourth-order valence-electron chi connectivity index (χ4n) is 5.98. The van der Waals surface area contributed by atoms with Crippen molar-refractivity contribution in [3.05, 3.63) is 80.9 Å². The Labute approximate surface area is 267 Å². The van der Waals surface area contributed by atoms with Gasteiger partial charge in [0.1, 0.15) is 17.0 Å². The van der Waals surface area contributed by atoms with Crippen molar-refractivity contribution in [3.63, 3.8) is 0 Å². The predicted molar refractivity (Wildman–Crippen MR) is 175 cm³/mol. The Bertz CT molecular complexity index is 2070. The van der Waals surface area contributed by atoms with E-state index in [1.54, 1.807) is 23.2 Å². The van der Waals surface area contributed by atoms with Crippen molar-refractivity contribution < 1.29 is 13.6 Å². The van der Waals surface area contributed by atoms with Crippen LogP contribution in [0.4, 0.5) is 15.9 Å². The molecule has 5 aromatic rings. The quantitative estimate of drug-likeness (QED) is 0.134. The van der Waals surface area contributed by atoms with E-state index < -0.39 is 11.5 Å². The molecular formula is C32H30Cl2FN7O3. The van der Waals surface area contributed by atoms with Gasteiger partial charge in [-0.1, -0.05) is 43.6 Å². The van der Waals surface area contributed by atoms with Gasteiger partial charge in [0.25, 0.3) is 0 Å². The van der Waals surface area contributed by atoms with E-state index in [0.29, 0.717) is 53.2 Å². The van der Waals surface area contributed by atoms with E-state index in [1.165, 1.54) is 16.9 Å². The van der Waals surface area contributed by atoms with Crippen molar-refractivity contribution in [1.29, 1.82) is 0 Å². The van der Waals surface area contributed by atoms with E-state index in [0.717, 1.165) is 11.6 Å². The SMILES string of the molecule is C=CC(=O)N1CCN(c2nc(=O)n(-c3c(C)ccnc3C(C)C)c3nc(-c4c(Cl)c(N)cc(F)c4Cl)c4ccoc4c23)[C@@H](C)C1. The highest BCUT2D eigenvalue weighted by atomic mass is 35.5. The number of nitrogen functional groups attached to an aromatic ring is 1. The predicted octanol–water partition coefficient (Wildman–Crippen LogP) is 6.27. The van der Waals surface area contributed by atoms with Gasteiger partial charge >= 0.3 is 5.69 Å². The van der Waals surface area contributed by atoms with Crippen LogP contribution in [-0.2, 0) is 4.79 Å². The number of piperazine rings is 1. The van der Waals surface area contributed by atoms with Crippen LogP contribution in [-0.4, -0.2) is 56.0 Å². The number of furan rings is 1. The van der Waals surface area contributed by atoms with E-state index in [-0.39, 0.29) is 50.5 Å². The molecule has 0 aliphatic carbocycles. The lowest BCUT2D eigenvalue weighted by atomic mass is 10.0. The molecule has 13 heteroatoms. The summed E-state index contributed by atoms with van der Waals surface area (Å²) in [5, 5.41) is 0.646. The average molecular weight is 651 g/mol. The summed E-state index contributed by atoms with van der Waals surface area (Å²) in [6.07, 6.45) is 4.44. The number of anilines is 2. The summed E-state index contributed by atoms with van der Waals surface area (Å²) < 4.78 is 22.5. The lowest BCUT2D eigenvalue weighted by molar-refractivity contribution is -0.126. The summed E-state index contributed by atoms with van der Waals surface area (Å²) in [4.78, 5) is 44.5. The highest BCUT2D eigenvalue weighted by molar-refractivity contribution is 6.41. The first-order chi connectivity index (χ1) is 21.4. The number of aromatic nitrogens is 4. The molecule has 2 N–H and O–H groups in total. The highest BCUT2D eigenvalue weighted by Gasteiger charge is 2.32. The van der Waals surface area contributed by atoms with Crippen molar-refractivity contribution in [3.8, 4) is 16.9 Å². The maximum Gasteiger partial charge on any atom is 0.355 e. The minimum Gasteiger partial charge on any atom is -0.463 e. The number of carbonyl (C=O) groups is 1. The highest BCUT2D eigenvalue weighted by Crippen LogP contribution is 2.45. The van der Waals surface area contributed by atoms with Crippen LogP contribution in [0.15, 0.2) is 52.5 Å². The van der Waals surface area contributed by atoms with E-state index in [1.807, 2.05) is 32.6 Å². The number of benzene rings is 1. The van der Waals surface area contributed by atoms with Crippen LogP contribution in [0.2, 0.25) is 10.0 Å². The largest absolute Gasteiger partial charge is 0.463 e. The zero-order chi connectivity index (χ0) is 32.3. The first kappa shape index (κ1) is 30.5. The average Bonchev–Trinajstić information content (AvgIpc) is 3.50. The second kappa shape index (κ2) is 11.5. The van der Waals surface area contributed by atoms with Crippen molar-refractivity contribution >= 4 is 62.6 Å². The topological polar surface area (TPSA) is 123 Å². The third kappa shape index (κ3) is 4.90. The molecule has 6 rings (SSSR count). The maximum absolute atomic E-state index is 15.0. The Morgan fingerprint density at radius 1 is 1.22 bits per heavy atom. The lowest BCUT2D eigenvalue weighted by Gasteiger charge is -2.40. The van der Waals surface area contributed by atoms with Gasteiger partial charge in [0.2, 0.25) is 5.91 Å². The van der Waals surface area contributed by atoms with Crippen LogP contribution < -0.4 is 16.3 Å². The first-order valence-corrected chi connectivity index (χ1v) is 15.1. The normalized spacial score (nSPS) is 15.4. The van der Waals surface area contributed by atoms with E-state index in [2.05, 4.69) is 16.5 Å². The molecule has 1 aromatic carbocycles. The zero-order valence-electron chi connectivity index (χ0n) is 25.1. The van der Waals surface area contributed by atoms with E-state index in [9.17, 15) is 14.0 Å². The molecule has 0 spiro atoms. The van der Waals surface area contributed by atoms with Crippen LogP contribution in [0.5, 0.6) is 0 Å². The van der Waals surface area contributed by atoms with Gasteiger partial charge in [-0.2, -0.15) is 4.98 Å². The molecule has 4 aromatic heterocycles. The van der Waals surface area contributed by atoms with Crippen LogP contribution in [0.3, 0.4) is 0 Å². The summed E-state index contributed by atoms with van der Waals surface area (Å²) >= 11 is 13.1. The zero-order valence-corrected chi connectivity index (χ0v) is 26.6. The van der Waals surface area contributed by atoms with Crippen LogP contribution >= 0.6 is 23.2 Å². The number of hydrogen-bond acceptors (Lipinski definition) is 8. The first-order valence-electron chi connectivity index (χ1n) is 14.4. The number of rotatable bonds is 5. The number of amides is 1. The Balaban J connectivity index is 1.75. The molecule has 1 atom stereocenters. The molecule has 1 saturated heterocycles. The maximum atomic E-state index is 15.0. The molecule has 5 heterocycles. The Kier molecular flexibility index (Phi) is 7.78. The minimum atomic E-state index is -0.772. The molecule has 232 valence electrons.